The van der Waals surface area contributed by atoms with Gasteiger partial charge in [0.05, 0.1) is 5.56 Å². The Kier molecular flexibility index (Phi) is 5.20. The van der Waals surface area contributed by atoms with Crippen LogP contribution in [0.5, 0.6) is 0 Å². The number of allylic oxidation sites excluding steroid dienone is 1. The van der Waals surface area contributed by atoms with Crippen molar-refractivity contribution >= 4 is 28.6 Å². The van der Waals surface area contributed by atoms with Crippen LogP contribution in [0.3, 0.4) is 0 Å². The molecule has 0 amide bonds. The van der Waals surface area contributed by atoms with Gasteiger partial charge in [-0.05, 0) is 47.8 Å². The van der Waals surface area contributed by atoms with Crippen LogP contribution in [0.4, 0.5) is 5.00 Å². The van der Waals surface area contributed by atoms with Crippen LogP contribution in [0.2, 0.25) is 0 Å². The van der Waals surface area contributed by atoms with Crippen molar-refractivity contribution < 1.29 is 0 Å². The lowest BCUT2D eigenvalue weighted by atomic mass is 9.72. The maximum absolute atomic E-state index is 9.59. The first-order valence-electron chi connectivity index (χ1n) is 8.79. The topological polar surface area (TPSA) is 36.1 Å². The molecule has 2 nitrogen and oxygen atoms in total. The van der Waals surface area contributed by atoms with E-state index >= 15 is 0 Å². The molecule has 1 aliphatic carbocycles. The minimum atomic E-state index is 0.316. The second kappa shape index (κ2) is 7.37. The van der Waals surface area contributed by atoms with Gasteiger partial charge in [0.1, 0.15) is 11.1 Å². The predicted molar refractivity (Wildman–Crippen MR) is 108 cm³/mol. The van der Waals surface area contributed by atoms with Crippen LogP contribution in [-0.4, -0.2) is 6.21 Å². The first-order chi connectivity index (χ1) is 12.0. The average molecular weight is 349 g/mol. The van der Waals surface area contributed by atoms with E-state index in [1.165, 1.54) is 16.9 Å². The molecule has 3 heteroatoms. The molecule has 0 N–H and O–H groups in total. The highest BCUT2D eigenvalue weighted by atomic mass is 32.1. The molecule has 0 saturated heterocycles. The summed E-state index contributed by atoms with van der Waals surface area (Å²) in [5.41, 5.74) is 3.49. The fourth-order valence-electron chi connectivity index (χ4n) is 3.35. The molecule has 0 aliphatic heterocycles. The second-order valence-corrected chi connectivity index (χ2v) is 8.73. The third-order valence-electron chi connectivity index (χ3n) is 4.95. The summed E-state index contributed by atoms with van der Waals surface area (Å²) in [4.78, 5) is 5.93. The zero-order valence-electron chi connectivity index (χ0n) is 15.1. The second-order valence-electron chi connectivity index (χ2n) is 7.65. The maximum Gasteiger partial charge on any atom is 0.134 e. The lowest BCUT2D eigenvalue weighted by Gasteiger charge is -2.33. The highest BCUT2D eigenvalue weighted by molar-refractivity contribution is 7.16. The summed E-state index contributed by atoms with van der Waals surface area (Å²) in [6.07, 6.45) is 9.01. The van der Waals surface area contributed by atoms with E-state index in [2.05, 4.69) is 44.0 Å². The van der Waals surface area contributed by atoms with Gasteiger partial charge in [-0.2, -0.15) is 5.26 Å². The fraction of sp³-hybridized carbons (Fsp3) is 0.364. The number of thiophene rings is 1. The largest absolute Gasteiger partial charge is 0.245 e. The number of nitrogens with zero attached hydrogens (tertiary/aromatic N) is 2. The third-order valence-corrected chi connectivity index (χ3v) is 6.11. The summed E-state index contributed by atoms with van der Waals surface area (Å²) in [6, 6.07) is 12.5. The van der Waals surface area contributed by atoms with Crippen molar-refractivity contribution in [3.05, 3.63) is 58.0 Å². The SMILES string of the molecule is CC(C)(C)[C@H]1CCc2c(sc(N=C/C=C\c3ccccc3)c2C#N)C1. The molecule has 0 unspecified atom stereocenters. The van der Waals surface area contributed by atoms with Crippen LogP contribution in [0.1, 0.15) is 48.8 Å². The Morgan fingerprint density at radius 3 is 2.68 bits per heavy atom. The molecular weight excluding hydrogens is 324 g/mol. The summed E-state index contributed by atoms with van der Waals surface area (Å²) in [5.74, 6) is 0.681. The van der Waals surface area contributed by atoms with Gasteiger partial charge in [-0.1, -0.05) is 57.2 Å². The van der Waals surface area contributed by atoms with Gasteiger partial charge in [0.15, 0.2) is 0 Å². The van der Waals surface area contributed by atoms with E-state index in [0.717, 1.165) is 29.0 Å². The summed E-state index contributed by atoms with van der Waals surface area (Å²) in [7, 11) is 0. The van der Waals surface area contributed by atoms with Gasteiger partial charge in [-0.25, -0.2) is 4.99 Å². The van der Waals surface area contributed by atoms with E-state index in [1.54, 1.807) is 17.6 Å². The van der Waals surface area contributed by atoms with E-state index in [4.69, 9.17) is 0 Å². The molecule has 1 heterocycles. The van der Waals surface area contributed by atoms with Crippen LogP contribution in [0.15, 0.2) is 41.4 Å². The minimum Gasteiger partial charge on any atom is -0.245 e. The van der Waals surface area contributed by atoms with Crippen molar-refractivity contribution in [2.45, 2.75) is 40.0 Å². The van der Waals surface area contributed by atoms with Crippen LogP contribution < -0.4 is 0 Å². The van der Waals surface area contributed by atoms with Crippen molar-refractivity contribution in [1.29, 1.82) is 5.26 Å². The van der Waals surface area contributed by atoms with Gasteiger partial charge in [-0.3, -0.25) is 0 Å². The van der Waals surface area contributed by atoms with Crippen molar-refractivity contribution in [3.63, 3.8) is 0 Å². The van der Waals surface area contributed by atoms with E-state index in [9.17, 15) is 5.26 Å². The lowest BCUT2D eigenvalue weighted by molar-refractivity contribution is 0.218. The summed E-state index contributed by atoms with van der Waals surface area (Å²) in [5, 5.41) is 10.4. The fourth-order valence-corrected chi connectivity index (χ4v) is 4.58. The molecular formula is C22H24N2S. The molecule has 2 aromatic rings. The monoisotopic (exact) mass is 348 g/mol. The van der Waals surface area contributed by atoms with Crippen LogP contribution in [0, 0.1) is 22.7 Å². The molecule has 0 radical (unpaired) electrons. The summed E-state index contributed by atoms with van der Waals surface area (Å²) >= 11 is 1.70. The highest BCUT2D eigenvalue weighted by Crippen LogP contribution is 2.44. The lowest BCUT2D eigenvalue weighted by Crippen LogP contribution is -2.26. The quantitative estimate of drug-likeness (QED) is 0.609. The number of benzene rings is 1. The standard InChI is InChI=1S/C22H24N2S/c1-22(2,3)17-11-12-18-19(15-23)21(25-20(18)14-17)24-13-7-10-16-8-5-4-6-9-16/h4-10,13,17H,11-12,14H2,1-3H3/b10-7-,24-13?/t17-/m0/s1. The normalized spacial score (nSPS) is 17.8. The summed E-state index contributed by atoms with van der Waals surface area (Å²) in [6.45, 7) is 6.94. The number of fused-ring (bicyclic) bond motifs is 1. The van der Waals surface area contributed by atoms with Crippen molar-refractivity contribution in [3.8, 4) is 6.07 Å². The molecule has 128 valence electrons. The Bertz CT molecular complexity index is 829. The molecule has 0 bridgehead atoms. The van der Waals surface area contributed by atoms with Gasteiger partial charge in [0.25, 0.3) is 0 Å². The van der Waals surface area contributed by atoms with Crippen molar-refractivity contribution in [1.82, 2.24) is 0 Å². The minimum absolute atomic E-state index is 0.316. The van der Waals surface area contributed by atoms with Gasteiger partial charge >= 0.3 is 0 Å². The summed E-state index contributed by atoms with van der Waals surface area (Å²) < 4.78 is 0. The van der Waals surface area contributed by atoms with Crippen molar-refractivity contribution in [2.75, 3.05) is 0 Å². The first-order valence-corrected chi connectivity index (χ1v) is 9.61. The molecule has 0 fully saturated rings. The van der Waals surface area contributed by atoms with E-state index < -0.39 is 0 Å². The van der Waals surface area contributed by atoms with Gasteiger partial charge in [0, 0.05) is 11.1 Å². The van der Waals surface area contributed by atoms with E-state index in [1.807, 2.05) is 30.4 Å². The van der Waals surface area contributed by atoms with Crippen molar-refractivity contribution in [2.24, 2.45) is 16.3 Å². The van der Waals surface area contributed by atoms with Crippen LogP contribution in [-0.2, 0) is 12.8 Å². The number of rotatable bonds is 3. The van der Waals surface area contributed by atoms with Gasteiger partial charge in [0.2, 0.25) is 0 Å². The van der Waals surface area contributed by atoms with Crippen LogP contribution >= 0.6 is 11.3 Å². The van der Waals surface area contributed by atoms with Gasteiger partial charge in [-0.15, -0.1) is 11.3 Å². The van der Waals surface area contributed by atoms with Crippen LogP contribution in [0.25, 0.3) is 6.08 Å². The predicted octanol–water partition coefficient (Wildman–Crippen LogP) is 6.19. The zero-order chi connectivity index (χ0) is 17.9. The molecule has 0 spiro atoms. The third kappa shape index (κ3) is 4.08. The molecule has 1 aliphatic rings. The van der Waals surface area contributed by atoms with Gasteiger partial charge < -0.3 is 0 Å². The number of hydrogen-bond donors (Lipinski definition) is 0. The molecule has 1 atom stereocenters. The molecule has 1 aromatic carbocycles. The Labute approximate surface area is 154 Å². The molecule has 0 saturated carbocycles. The maximum atomic E-state index is 9.59. The Hall–Kier alpha value is -2.18. The first kappa shape index (κ1) is 17.6. The molecule has 1 aromatic heterocycles. The number of hydrogen-bond acceptors (Lipinski definition) is 3. The smallest absolute Gasteiger partial charge is 0.134 e. The Morgan fingerprint density at radius 1 is 1.24 bits per heavy atom. The Balaban J connectivity index is 1.79. The zero-order valence-corrected chi connectivity index (χ0v) is 15.9. The molecule has 3 rings (SSSR count). The average Bonchev–Trinajstić information content (AvgIpc) is 2.95. The Morgan fingerprint density at radius 2 is 2.00 bits per heavy atom. The van der Waals surface area contributed by atoms with E-state index in [0.29, 0.717) is 11.3 Å². The number of aliphatic imine (C=N–C) groups is 1. The van der Waals surface area contributed by atoms with E-state index in [-0.39, 0.29) is 0 Å². The number of nitriles is 1. The highest BCUT2D eigenvalue weighted by Gasteiger charge is 2.31. The molecule has 25 heavy (non-hydrogen) atoms.